The average molecular weight is 225 g/mol. The van der Waals surface area contributed by atoms with Crippen LogP contribution >= 0.6 is 25.0 Å². The van der Waals surface area contributed by atoms with Gasteiger partial charge in [-0.2, -0.15) is 12.6 Å². The van der Waals surface area contributed by atoms with Gasteiger partial charge >= 0.3 is 0 Å². The number of thiol groups is 1. The minimum atomic E-state index is 0. The summed E-state index contributed by atoms with van der Waals surface area (Å²) in [7, 11) is 5.56. The van der Waals surface area contributed by atoms with Gasteiger partial charge in [-0.15, -0.1) is 12.4 Å². The molecule has 0 aliphatic carbocycles. The molecule has 0 aromatic heterocycles. The Labute approximate surface area is 91.3 Å². The number of halogens is 1. The summed E-state index contributed by atoms with van der Waals surface area (Å²) < 4.78 is 0. The van der Waals surface area contributed by atoms with E-state index in [4.69, 9.17) is 0 Å². The Balaban J connectivity index is 0.00000144. The van der Waals surface area contributed by atoms with E-state index in [0.29, 0.717) is 5.25 Å². The first kappa shape index (κ1) is 13.1. The lowest BCUT2D eigenvalue weighted by Crippen LogP contribution is -2.40. The summed E-state index contributed by atoms with van der Waals surface area (Å²) in [5.41, 5.74) is 0. The van der Waals surface area contributed by atoms with Crippen LogP contribution in [0.5, 0.6) is 0 Å². The van der Waals surface area contributed by atoms with Crippen LogP contribution in [0, 0.1) is 0 Å². The van der Waals surface area contributed by atoms with Gasteiger partial charge < -0.3 is 4.90 Å². The number of likely N-dealkylation sites (N-methyl/N-ethyl adjacent to an activating group) is 2. The molecule has 0 saturated carbocycles. The molecule has 13 heavy (non-hydrogen) atoms. The number of hydrogen-bond acceptors (Lipinski definition) is 3. The summed E-state index contributed by atoms with van der Waals surface area (Å²) in [4.78, 5) is 15.3. The van der Waals surface area contributed by atoms with Crippen molar-refractivity contribution in [3.63, 3.8) is 0 Å². The van der Waals surface area contributed by atoms with Crippen LogP contribution in [0.4, 0.5) is 0 Å². The van der Waals surface area contributed by atoms with E-state index < -0.39 is 0 Å². The van der Waals surface area contributed by atoms with Gasteiger partial charge in [0.05, 0.1) is 6.04 Å². The zero-order valence-corrected chi connectivity index (χ0v) is 9.94. The molecular formula is C8H17ClN2OS. The minimum absolute atomic E-state index is 0. The van der Waals surface area contributed by atoms with Crippen LogP contribution in [0.3, 0.4) is 0 Å². The second-order valence-electron chi connectivity index (χ2n) is 3.58. The molecular weight excluding hydrogens is 208 g/mol. The van der Waals surface area contributed by atoms with Crippen molar-refractivity contribution >= 4 is 30.9 Å². The molecule has 0 N–H and O–H groups in total. The summed E-state index contributed by atoms with van der Waals surface area (Å²) in [5, 5.41) is 0.351. The molecule has 3 nitrogen and oxygen atoms in total. The SMILES string of the molecule is CN(C)C(=O)[C@@H]1C[C@H](S)CN1C.Cl. The summed E-state index contributed by atoms with van der Waals surface area (Å²) in [6.45, 7) is 0.910. The predicted octanol–water partition coefficient (Wildman–Crippen LogP) is 0.499. The zero-order valence-electron chi connectivity index (χ0n) is 8.23. The van der Waals surface area contributed by atoms with Crippen molar-refractivity contribution in [2.24, 2.45) is 0 Å². The molecule has 1 aliphatic heterocycles. The lowest BCUT2D eigenvalue weighted by atomic mass is 10.2. The van der Waals surface area contributed by atoms with E-state index >= 15 is 0 Å². The minimum Gasteiger partial charge on any atom is -0.347 e. The molecule has 0 radical (unpaired) electrons. The molecule has 0 aromatic rings. The molecule has 1 fully saturated rings. The fraction of sp³-hybridized carbons (Fsp3) is 0.875. The van der Waals surface area contributed by atoms with Crippen LogP contribution in [0.2, 0.25) is 0 Å². The van der Waals surface area contributed by atoms with Gasteiger partial charge in [-0.05, 0) is 13.5 Å². The van der Waals surface area contributed by atoms with E-state index in [-0.39, 0.29) is 24.4 Å². The maximum absolute atomic E-state index is 11.6. The normalized spacial score (nSPS) is 28.3. The number of carbonyl (C=O) groups excluding carboxylic acids is 1. The lowest BCUT2D eigenvalue weighted by molar-refractivity contribution is -0.132. The lowest BCUT2D eigenvalue weighted by Gasteiger charge is -2.21. The van der Waals surface area contributed by atoms with Gasteiger partial charge in [-0.1, -0.05) is 0 Å². The number of amides is 1. The van der Waals surface area contributed by atoms with Crippen molar-refractivity contribution in [1.82, 2.24) is 9.80 Å². The highest BCUT2D eigenvalue weighted by atomic mass is 35.5. The van der Waals surface area contributed by atoms with Crippen LogP contribution < -0.4 is 0 Å². The largest absolute Gasteiger partial charge is 0.347 e. The first-order valence-electron chi connectivity index (χ1n) is 4.12. The number of hydrogen-bond donors (Lipinski definition) is 1. The van der Waals surface area contributed by atoms with E-state index in [2.05, 4.69) is 17.5 Å². The summed E-state index contributed by atoms with van der Waals surface area (Å²) in [5.74, 6) is 0.189. The number of carbonyl (C=O) groups is 1. The van der Waals surface area contributed by atoms with Crippen LogP contribution in [0.1, 0.15) is 6.42 Å². The van der Waals surface area contributed by atoms with Gasteiger partial charge in [0.25, 0.3) is 0 Å². The van der Waals surface area contributed by atoms with Crippen LogP contribution in [0.15, 0.2) is 0 Å². The predicted molar refractivity (Wildman–Crippen MR) is 59.8 cm³/mol. The van der Waals surface area contributed by atoms with Crippen molar-refractivity contribution in [2.75, 3.05) is 27.7 Å². The fourth-order valence-electron chi connectivity index (χ4n) is 1.56. The average Bonchev–Trinajstić information content (AvgIpc) is 2.28. The summed E-state index contributed by atoms with van der Waals surface area (Å²) in [6.07, 6.45) is 0.872. The van der Waals surface area contributed by atoms with Crippen molar-refractivity contribution in [2.45, 2.75) is 17.7 Å². The Hall–Kier alpha value is 0.0700. The zero-order chi connectivity index (χ0) is 9.30. The third-order valence-electron chi connectivity index (χ3n) is 2.25. The van der Waals surface area contributed by atoms with Crippen LogP contribution in [-0.4, -0.2) is 54.7 Å². The molecule has 1 saturated heterocycles. The summed E-state index contributed by atoms with van der Waals surface area (Å²) >= 11 is 4.36. The molecule has 2 atom stereocenters. The Morgan fingerprint density at radius 2 is 2.08 bits per heavy atom. The molecule has 78 valence electrons. The highest BCUT2D eigenvalue weighted by Gasteiger charge is 2.33. The van der Waals surface area contributed by atoms with E-state index in [1.54, 1.807) is 19.0 Å². The smallest absolute Gasteiger partial charge is 0.239 e. The highest BCUT2D eigenvalue weighted by Crippen LogP contribution is 2.20. The van der Waals surface area contributed by atoms with Crippen LogP contribution in [0.25, 0.3) is 0 Å². The highest BCUT2D eigenvalue weighted by molar-refractivity contribution is 7.81. The monoisotopic (exact) mass is 224 g/mol. The maximum atomic E-state index is 11.6. The molecule has 0 aromatic carbocycles. The quantitative estimate of drug-likeness (QED) is 0.656. The Bertz CT molecular complexity index is 189. The Morgan fingerprint density at radius 1 is 1.54 bits per heavy atom. The van der Waals surface area contributed by atoms with Crippen molar-refractivity contribution < 1.29 is 4.79 Å². The molecule has 0 bridgehead atoms. The van der Waals surface area contributed by atoms with Gasteiger partial charge in [0, 0.05) is 25.9 Å². The van der Waals surface area contributed by atoms with E-state index in [0.717, 1.165) is 13.0 Å². The number of nitrogens with zero attached hydrogens (tertiary/aromatic N) is 2. The fourth-order valence-corrected chi connectivity index (χ4v) is 2.02. The van der Waals surface area contributed by atoms with Gasteiger partial charge in [-0.25, -0.2) is 0 Å². The second-order valence-corrected chi connectivity index (χ2v) is 4.31. The third kappa shape index (κ3) is 3.04. The van der Waals surface area contributed by atoms with E-state index in [1.165, 1.54) is 0 Å². The van der Waals surface area contributed by atoms with Gasteiger partial charge in [-0.3, -0.25) is 9.69 Å². The summed E-state index contributed by atoms with van der Waals surface area (Å²) in [6, 6.07) is 0.0440. The maximum Gasteiger partial charge on any atom is 0.239 e. The number of rotatable bonds is 1. The molecule has 1 heterocycles. The molecule has 1 rings (SSSR count). The van der Waals surface area contributed by atoms with E-state index in [1.807, 2.05) is 7.05 Å². The van der Waals surface area contributed by atoms with Crippen molar-refractivity contribution in [3.8, 4) is 0 Å². The topological polar surface area (TPSA) is 23.6 Å². The third-order valence-corrected chi connectivity index (χ3v) is 2.63. The van der Waals surface area contributed by atoms with Crippen LogP contribution in [-0.2, 0) is 4.79 Å². The first-order valence-corrected chi connectivity index (χ1v) is 4.63. The molecule has 5 heteroatoms. The van der Waals surface area contributed by atoms with Crippen molar-refractivity contribution in [3.05, 3.63) is 0 Å². The van der Waals surface area contributed by atoms with Crippen molar-refractivity contribution in [1.29, 1.82) is 0 Å². The Morgan fingerprint density at radius 3 is 2.38 bits per heavy atom. The molecule has 1 amide bonds. The number of likely N-dealkylation sites (tertiary alicyclic amines) is 1. The Kier molecular flexibility index (Phi) is 5.10. The van der Waals surface area contributed by atoms with Gasteiger partial charge in [0.15, 0.2) is 0 Å². The van der Waals surface area contributed by atoms with Gasteiger partial charge in [0.1, 0.15) is 0 Å². The molecule has 0 unspecified atom stereocenters. The first-order chi connectivity index (χ1) is 5.52. The molecule has 0 spiro atoms. The second kappa shape index (κ2) is 5.08. The van der Waals surface area contributed by atoms with E-state index in [9.17, 15) is 4.79 Å². The standard InChI is InChI=1S/C8H16N2OS.ClH/c1-9(2)8(11)7-4-6(12)5-10(7)3;/h6-7,12H,4-5H2,1-3H3;1H/t6-,7-;/m0./s1. The van der Waals surface area contributed by atoms with Gasteiger partial charge in [0.2, 0.25) is 5.91 Å². The molecule has 1 aliphatic rings.